The number of carbonyl (C=O) groups excluding carboxylic acids is 2. The van der Waals surface area contributed by atoms with E-state index in [-0.39, 0.29) is 17.9 Å². The smallest absolute Gasteiger partial charge is 0.312 e. The zero-order valence-corrected chi connectivity index (χ0v) is 12.8. The minimum Gasteiger partial charge on any atom is -0.466 e. The fraction of sp³-hybridized carbons (Fsp3) is 0.875. The van der Waals surface area contributed by atoms with Gasteiger partial charge in [-0.2, -0.15) is 0 Å². The standard InChI is InChI=1S/C16H24O5/c1-3-20-12(17)14-5-11-6-15(8-14,13(18)21-4-2)10-16(19,7-11)9-14/h11,19H,3-10H2,1-2H3. The zero-order chi connectivity index (χ0) is 15.3. The summed E-state index contributed by atoms with van der Waals surface area (Å²) in [6.07, 6.45) is 3.48. The van der Waals surface area contributed by atoms with Crippen molar-refractivity contribution >= 4 is 11.9 Å². The van der Waals surface area contributed by atoms with Crippen LogP contribution in [0.3, 0.4) is 0 Å². The van der Waals surface area contributed by atoms with Gasteiger partial charge < -0.3 is 14.6 Å². The largest absolute Gasteiger partial charge is 0.466 e. The molecule has 0 aromatic carbocycles. The van der Waals surface area contributed by atoms with E-state index in [2.05, 4.69) is 0 Å². The Balaban J connectivity index is 1.96. The van der Waals surface area contributed by atoms with E-state index in [1.165, 1.54) is 0 Å². The van der Waals surface area contributed by atoms with Crippen molar-refractivity contribution in [2.75, 3.05) is 13.2 Å². The summed E-state index contributed by atoms with van der Waals surface area (Å²) in [5, 5.41) is 10.9. The van der Waals surface area contributed by atoms with E-state index >= 15 is 0 Å². The van der Waals surface area contributed by atoms with Gasteiger partial charge >= 0.3 is 11.9 Å². The number of hydrogen-bond acceptors (Lipinski definition) is 5. The summed E-state index contributed by atoms with van der Waals surface area (Å²) in [6, 6.07) is 0. The Morgan fingerprint density at radius 2 is 1.43 bits per heavy atom. The molecular weight excluding hydrogens is 272 g/mol. The first-order chi connectivity index (χ1) is 9.87. The van der Waals surface area contributed by atoms with Gasteiger partial charge in [0.05, 0.1) is 29.6 Å². The second-order valence-corrected chi connectivity index (χ2v) is 7.23. The van der Waals surface area contributed by atoms with Crippen molar-refractivity contribution in [3.63, 3.8) is 0 Å². The molecule has 5 heteroatoms. The van der Waals surface area contributed by atoms with Crippen molar-refractivity contribution in [2.24, 2.45) is 16.7 Å². The first kappa shape index (κ1) is 14.8. The number of rotatable bonds is 4. The molecule has 0 aliphatic heterocycles. The van der Waals surface area contributed by atoms with E-state index in [1.807, 2.05) is 0 Å². The zero-order valence-electron chi connectivity index (χ0n) is 12.8. The van der Waals surface area contributed by atoms with Crippen LogP contribution in [0, 0.1) is 16.7 Å². The van der Waals surface area contributed by atoms with E-state index in [0.717, 1.165) is 12.8 Å². The molecule has 0 aromatic rings. The Hall–Kier alpha value is -1.10. The molecular formula is C16H24O5. The molecule has 4 bridgehead atoms. The van der Waals surface area contributed by atoms with Crippen LogP contribution in [-0.2, 0) is 19.1 Å². The second-order valence-electron chi connectivity index (χ2n) is 7.23. The lowest BCUT2D eigenvalue weighted by Crippen LogP contribution is -2.64. The van der Waals surface area contributed by atoms with Gasteiger partial charge in [-0.1, -0.05) is 0 Å². The topological polar surface area (TPSA) is 72.8 Å². The monoisotopic (exact) mass is 296 g/mol. The summed E-state index contributed by atoms with van der Waals surface area (Å²) < 4.78 is 10.5. The van der Waals surface area contributed by atoms with Gasteiger partial charge in [-0.3, -0.25) is 9.59 Å². The van der Waals surface area contributed by atoms with Crippen LogP contribution in [0.5, 0.6) is 0 Å². The first-order valence-electron chi connectivity index (χ1n) is 7.94. The third kappa shape index (κ3) is 2.17. The van der Waals surface area contributed by atoms with Crippen molar-refractivity contribution in [2.45, 2.75) is 58.0 Å². The van der Waals surface area contributed by atoms with Gasteiger partial charge in [-0.15, -0.1) is 0 Å². The highest BCUT2D eigenvalue weighted by Gasteiger charge is 2.68. The predicted octanol–water partition coefficient (Wildman–Crippen LogP) is 1.81. The summed E-state index contributed by atoms with van der Waals surface area (Å²) in [6.45, 7) is 4.23. The lowest BCUT2D eigenvalue weighted by Gasteiger charge is -2.62. The third-order valence-corrected chi connectivity index (χ3v) is 5.46. The van der Waals surface area contributed by atoms with Crippen LogP contribution in [0.4, 0.5) is 0 Å². The van der Waals surface area contributed by atoms with Crippen molar-refractivity contribution < 1.29 is 24.2 Å². The molecule has 118 valence electrons. The Labute approximate surface area is 125 Å². The molecule has 4 rings (SSSR count). The van der Waals surface area contributed by atoms with E-state index in [0.29, 0.717) is 38.9 Å². The molecule has 0 heterocycles. The lowest BCUT2D eigenvalue weighted by molar-refractivity contribution is -0.224. The predicted molar refractivity (Wildman–Crippen MR) is 74.3 cm³/mol. The van der Waals surface area contributed by atoms with Crippen molar-refractivity contribution in [3.8, 4) is 0 Å². The SMILES string of the molecule is CCOC(=O)C12CC3CC(O)(C1)CC(C(=O)OCC)(C3)C2. The van der Waals surface area contributed by atoms with Crippen LogP contribution in [0.15, 0.2) is 0 Å². The van der Waals surface area contributed by atoms with E-state index in [9.17, 15) is 14.7 Å². The quantitative estimate of drug-likeness (QED) is 0.801. The molecule has 2 unspecified atom stereocenters. The Kier molecular flexibility index (Phi) is 3.32. The van der Waals surface area contributed by atoms with E-state index in [1.54, 1.807) is 13.8 Å². The highest BCUT2D eigenvalue weighted by atomic mass is 16.5. The molecule has 0 radical (unpaired) electrons. The van der Waals surface area contributed by atoms with Gasteiger partial charge in [0.2, 0.25) is 0 Å². The fourth-order valence-electron chi connectivity index (χ4n) is 5.41. The molecule has 2 atom stereocenters. The maximum Gasteiger partial charge on any atom is 0.312 e. The van der Waals surface area contributed by atoms with Gasteiger partial charge in [-0.25, -0.2) is 0 Å². The highest BCUT2D eigenvalue weighted by molar-refractivity contribution is 5.83. The van der Waals surface area contributed by atoms with Crippen LogP contribution >= 0.6 is 0 Å². The molecule has 4 fully saturated rings. The average Bonchev–Trinajstić information content (AvgIpc) is 2.36. The van der Waals surface area contributed by atoms with E-state index in [4.69, 9.17) is 9.47 Å². The van der Waals surface area contributed by atoms with Gasteiger partial charge in [0.1, 0.15) is 0 Å². The molecule has 5 nitrogen and oxygen atoms in total. The van der Waals surface area contributed by atoms with Gasteiger partial charge in [0.15, 0.2) is 0 Å². The van der Waals surface area contributed by atoms with Crippen molar-refractivity contribution in [1.29, 1.82) is 0 Å². The minimum atomic E-state index is -0.918. The van der Waals surface area contributed by atoms with Crippen LogP contribution in [0.2, 0.25) is 0 Å². The summed E-state index contributed by atoms with van der Waals surface area (Å²) in [5.74, 6) is -0.289. The summed E-state index contributed by atoms with van der Waals surface area (Å²) in [7, 11) is 0. The lowest BCUT2D eigenvalue weighted by atomic mass is 9.42. The molecule has 21 heavy (non-hydrogen) atoms. The molecule has 0 spiro atoms. The number of aliphatic hydroxyl groups is 1. The minimum absolute atomic E-state index is 0.208. The van der Waals surface area contributed by atoms with Crippen molar-refractivity contribution in [3.05, 3.63) is 0 Å². The normalized spacial score (nSPS) is 43.7. The van der Waals surface area contributed by atoms with Crippen LogP contribution < -0.4 is 0 Å². The third-order valence-electron chi connectivity index (χ3n) is 5.46. The molecule has 4 aliphatic carbocycles. The number of ether oxygens (including phenoxy) is 2. The molecule has 1 N–H and O–H groups in total. The molecule has 4 aliphatic rings. The number of carbonyl (C=O) groups is 2. The Bertz CT molecular complexity index is 437. The molecule has 0 aromatic heterocycles. The van der Waals surface area contributed by atoms with Gasteiger partial charge in [0, 0.05) is 0 Å². The molecule has 0 amide bonds. The molecule has 0 saturated heterocycles. The van der Waals surface area contributed by atoms with E-state index < -0.39 is 16.4 Å². The van der Waals surface area contributed by atoms with Gasteiger partial charge in [-0.05, 0) is 58.3 Å². The number of hydrogen-bond donors (Lipinski definition) is 1. The first-order valence-corrected chi connectivity index (χ1v) is 7.94. The fourth-order valence-corrected chi connectivity index (χ4v) is 5.41. The second kappa shape index (κ2) is 4.70. The van der Waals surface area contributed by atoms with Gasteiger partial charge in [0.25, 0.3) is 0 Å². The highest BCUT2D eigenvalue weighted by Crippen LogP contribution is 2.67. The summed E-state index contributed by atoms with van der Waals surface area (Å²) in [5.41, 5.74) is -2.31. The number of esters is 2. The Morgan fingerprint density at radius 1 is 0.952 bits per heavy atom. The van der Waals surface area contributed by atoms with Crippen LogP contribution in [-0.4, -0.2) is 35.9 Å². The van der Waals surface area contributed by atoms with Crippen molar-refractivity contribution in [1.82, 2.24) is 0 Å². The summed E-state index contributed by atoms with van der Waals surface area (Å²) in [4.78, 5) is 25.0. The average molecular weight is 296 g/mol. The van der Waals surface area contributed by atoms with Crippen LogP contribution in [0.1, 0.15) is 52.4 Å². The molecule has 4 saturated carbocycles. The summed E-state index contributed by atoms with van der Waals surface area (Å²) >= 11 is 0. The maximum absolute atomic E-state index is 12.5. The maximum atomic E-state index is 12.5. The Morgan fingerprint density at radius 3 is 1.81 bits per heavy atom. The van der Waals surface area contributed by atoms with Crippen LogP contribution in [0.25, 0.3) is 0 Å².